The molecule has 0 aliphatic rings. The van der Waals surface area contributed by atoms with Gasteiger partial charge in [-0.15, -0.1) is 0 Å². The zero-order valence-corrected chi connectivity index (χ0v) is 31.3. The van der Waals surface area contributed by atoms with Crippen LogP contribution in [0.4, 0.5) is 0 Å². The van der Waals surface area contributed by atoms with Crippen molar-refractivity contribution in [2.24, 2.45) is 0 Å². The van der Waals surface area contributed by atoms with Gasteiger partial charge in [0.1, 0.15) is 12.6 Å². The topological polar surface area (TPSA) is 102 Å². The quantitative estimate of drug-likeness (QED) is 0.0316. The maximum atomic E-state index is 12.6. The molecule has 278 valence electrons. The molecule has 2 unspecified atom stereocenters. The van der Waals surface area contributed by atoms with Gasteiger partial charge in [0.05, 0.1) is 40.3 Å². The van der Waals surface area contributed by atoms with Gasteiger partial charge >= 0.3 is 11.9 Å². The number of nitrogens with zero attached hydrogens (tertiary/aromatic N) is 1. The summed E-state index contributed by atoms with van der Waals surface area (Å²) in [7, 11) is 5.36. The van der Waals surface area contributed by atoms with Crippen molar-refractivity contribution >= 4 is 17.9 Å². The number of esters is 2. The van der Waals surface area contributed by atoms with Gasteiger partial charge in [-0.05, 0) is 77.0 Å². The molecule has 0 rings (SSSR count). The number of unbranched alkanes of at least 4 members (excludes halogenated alkanes) is 5. The van der Waals surface area contributed by atoms with Gasteiger partial charge in [-0.3, -0.25) is 9.59 Å². The van der Waals surface area contributed by atoms with Gasteiger partial charge in [0.2, 0.25) is 0 Å². The van der Waals surface area contributed by atoms with Gasteiger partial charge in [0.25, 0.3) is 0 Å². The van der Waals surface area contributed by atoms with E-state index < -0.39 is 18.1 Å². The van der Waals surface area contributed by atoms with Gasteiger partial charge in [0.15, 0.2) is 6.10 Å². The Hall–Kier alpha value is -3.23. The molecule has 0 amide bonds. The van der Waals surface area contributed by atoms with Gasteiger partial charge in [-0.25, -0.2) is 0 Å². The molecule has 2 atom stereocenters. The molecule has 0 aromatic carbocycles. The molecule has 0 saturated carbocycles. The normalized spacial score (nSPS) is 13.9. The van der Waals surface area contributed by atoms with Crippen LogP contribution in [0.15, 0.2) is 72.9 Å². The molecular weight excluding hydrogens is 618 g/mol. The second kappa shape index (κ2) is 32.0. The summed E-state index contributed by atoms with van der Waals surface area (Å²) in [5.74, 6) is -1.84. The fourth-order valence-corrected chi connectivity index (χ4v) is 4.74. The maximum absolute atomic E-state index is 12.6. The van der Waals surface area contributed by atoms with E-state index in [4.69, 9.17) is 14.2 Å². The van der Waals surface area contributed by atoms with Crippen LogP contribution in [0.5, 0.6) is 0 Å². The maximum Gasteiger partial charge on any atom is 0.306 e. The number of ether oxygens (including phenoxy) is 3. The van der Waals surface area contributed by atoms with Crippen LogP contribution in [-0.2, 0) is 28.6 Å². The largest absolute Gasteiger partial charge is 0.544 e. The van der Waals surface area contributed by atoms with Gasteiger partial charge in [-0.2, -0.15) is 0 Å². The summed E-state index contributed by atoms with van der Waals surface area (Å²) in [6.07, 6.45) is 38.0. The van der Waals surface area contributed by atoms with E-state index in [1.54, 1.807) is 21.1 Å². The minimum absolute atomic E-state index is 0.0127. The summed E-state index contributed by atoms with van der Waals surface area (Å²) >= 11 is 0. The van der Waals surface area contributed by atoms with Crippen LogP contribution >= 0.6 is 0 Å². The Morgan fingerprint density at radius 3 is 1.59 bits per heavy atom. The third-order valence-corrected chi connectivity index (χ3v) is 7.59. The lowest BCUT2D eigenvalue weighted by atomic mass is 10.1. The molecule has 0 aromatic rings. The van der Waals surface area contributed by atoms with Crippen molar-refractivity contribution in [3.63, 3.8) is 0 Å². The van der Waals surface area contributed by atoms with Crippen LogP contribution in [0.3, 0.4) is 0 Å². The van der Waals surface area contributed by atoms with Gasteiger partial charge in [-0.1, -0.05) is 93.2 Å². The van der Waals surface area contributed by atoms with E-state index >= 15 is 0 Å². The second-order valence-electron chi connectivity index (χ2n) is 13.0. The van der Waals surface area contributed by atoms with Crippen molar-refractivity contribution in [1.82, 2.24) is 0 Å². The first kappa shape index (κ1) is 45.8. The van der Waals surface area contributed by atoms with E-state index in [-0.39, 0.29) is 49.1 Å². The molecule has 0 aliphatic heterocycles. The molecule has 8 heteroatoms. The Morgan fingerprint density at radius 1 is 0.612 bits per heavy atom. The summed E-state index contributed by atoms with van der Waals surface area (Å²) in [6.45, 7) is 4.31. The summed E-state index contributed by atoms with van der Waals surface area (Å²) in [6, 6.07) is -0.738. The number of carbonyl (C=O) groups excluding carboxylic acids is 3. The number of allylic oxidation sites excluding steroid dienone is 12. The highest BCUT2D eigenvalue weighted by molar-refractivity contribution is 5.70. The summed E-state index contributed by atoms with van der Waals surface area (Å²) < 4.78 is 17.0. The second-order valence-corrected chi connectivity index (χ2v) is 13.0. The first-order valence-electron chi connectivity index (χ1n) is 18.5. The summed E-state index contributed by atoms with van der Waals surface area (Å²) in [4.78, 5) is 36.5. The van der Waals surface area contributed by atoms with Gasteiger partial charge < -0.3 is 28.6 Å². The first-order chi connectivity index (χ1) is 23.6. The molecule has 0 N–H and O–H groups in total. The third kappa shape index (κ3) is 30.6. The standard InChI is InChI=1S/C41H67NO7/c1-6-8-10-12-14-16-17-18-19-20-21-22-24-25-27-29-31-39(43)48-36-37(35-47-34-33-38(41(45)46)42(3,4)5)49-40(44)32-30-28-26-23-15-13-11-9-7-2/h8-11,14-16,18-19,21-23,37-38H,6-7,12-13,17,20,24-36H2,1-5H3/b10-8+,11-9+,16-14+,19-18+,22-21+,23-15+. The number of rotatable bonds is 31. The molecule has 0 radical (unpaired) electrons. The van der Waals surface area contributed by atoms with Crippen LogP contribution in [0.2, 0.25) is 0 Å². The van der Waals surface area contributed by atoms with Crippen molar-refractivity contribution in [3.8, 4) is 0 Å². The molecule has 0 saturated heterocycles. The average molecular weight is 686 g/mol. The highest BCUT2D eigenvalue weighted by Gasteiger charge is 2.25. The fraction of sp³-hybridized carbons (Fsp3) is 0.634. The van der Waals surface area contributed by atoms with Gasteiger partial charge in [0, 0.05) is 19.3 Å². The zero-order valence-electron chi connectivity index (χ0n) is 31.3. The van der Waals surface area contributed by atoms with Crippen molar-refractivity contribution in [1.29, 1.82) is 0 Å². The zero-order chi connectivity index (χ0) is 36.4. The Balaban J connectivity index is 4.50. The number of carboxylic acids is 1. The average Bonchev–Trinajstić information content (AvgIpc) is 3.05. The lowest BCUT2D eigenvalue weighted by molar-refractivity contribution is -0.889. The fourth-order valence-electron chi connectivity index (χ4n) is 4.74. The number of quaternary nitrogens is 1. The number of likely N-dealkylation sites (N-methyl/N-ethyl adjacent to an activating group) is 1. The Labute approximate surface area is 298 Å². The highest BCUT2D eigenvalue weighted by Crippen LogP contribution is 2.10. The van der Waals surface area contributed by atoms with Crippen molar-refractivity contribution in [2.75, 3.05) is 41.0 Å². The number of carbonyl (C=O) groups is 3. The monoisotopic (exact) mass is 685 g/mol. The molecule has 0 fully saturated rings. The first-order valence-corrected chi connectivity index (χ1v) is 18.5. The lowest BCUT2D eigenvalue weighted by Crippen LogP contribution is -2.55. The van der Waals surface area contributed by atoms with E-state index in [0.29, 0.717) is 12.8 Å². The summed E-state index contributed by atoms with van der Waals surface area (Å²) in [5, 5.41) is 11.6. The van der Waals surface area contributed by atoms with E-state index in [2.05, 4.69) is 86.8 Å². The lowest BCUT2D eigenvalue weighted by Gasteiger charge is -2.34. The number of aliphatic carboxylic acids is 1. The van der Waals surface area contributed by atoms with E-state index in [9.17, 15) is 19.5 Å². The van der Waals surface area contributed by atoms with Crippen LogP contribution in [-0.4, -0.2) is 75.5 Å². The highest BCUT2D eigenvalue weighted by atomic mass is 16.6. The molecule has 0 spiro atoms. The van der Waals surface area contributed by atoms with Crippen LogP contribution in [0, 0.1) is 0 Å². The minimum Gasteiger partial charge on any atom is -0.544 e. The van der Waals surface area contributed by atoms with Crippen LogP contribution < -0.4 is 5.11 Å². The van der Waals surface area contributed by atoms with E-state index in [1.165, 1.54) is 0 Å². The smallest absolute Gasteiger partial charge is 0.306 e. The van der Waals surface area contributed by atoms with E-state index in [0.717, 1.165) is 77.0 Å². The molecule has 49 heavy (non-hydrogen) atoms. The number of carboxylic acid groups (broad SMARTS) is 1. The van der Waals surface area contributed by atoms with Crippen molar-refractivity contribution in [2.45, 2.75) is 129 Å². The molecule has 0 heterocycles. The Bertz CT molecular complexity index is 1030. The van der Waals surface area contributed by atoms with Crippen LogP contribution in [0.25, 0.3) is 0 Å². The minimum atomic E-state index is -1.14. The number of hydrogen-bond acceptors (Lipinski definition) is 7. The molecule has 8 nitrogen and oxygen atoms in total. The van der Waals surface area contributed by atoms with Crippen molar-refractivity contribution in [3.05, 3.63) is 72.9 Å². The Kier molecular flexibility index (Phi) is 29.9. The SMILES string of the molecule is CC/C=C/C/C=C/C/C=C/C/C=C/CCCCCC(=O)OCC(COCCC(C(=O)[O-])[N+](C)(C)C)OC(=O)CCCC/C=C/C/C=C/CC. The molecular formula is C41H67NO7. The predicted molar refractivity (Wildman–Crippen MR) is 199 cm³/mol. The predicted octanol–water partition coefficient (Wildman–Crippen LogP) is 7.90. The summed E-state index contributed by atoms with van der Waals surface area (Å²) in [5.41, 5.74) is 0. The van der Waals surface area contributed by atoms with Crippen LogP contribution in [0.1, 0.15) is 117 Å². The third-order valence-electron chi connectivity index (χ3n) is 7.59. The van der Waals surface area contributed by atoms with E-state index in [1.807, 2.05) is 0 Å². The Morgan fingerprint density at radius 2 is 1.08 bits per heavy atom. The van der Waals surface area contributed by atoms with Crippen molar-refractivity contribution < 1.29 is 38.2 Å². The molecule has 0 aromatic heterocycles. The molecule has 0 bridgehead atoms. The molecule has 0 aliphatic carbocycles. The number of hydrogen-bond donors (Lipinski definition) is 0.